The average molecular weight is 301 g/mol. The highest BCUT2D eigenvalue weighted by molar-refractivity contribution is 6.43. The Morgan fingerprint density at radius 1 is 1.21 bits per heavy atom. The summed E-state index contributed by atoms with van der Waals surface area (Å²) in [4.78, 5) is 16.8. The summed E-state index contributed by atoms with van der Waals surface area (Å²) in [5.74, 6) is 0.0615. The Morgan fingerprint density at radius 2 is 1.89 bits per heavy atom. The number of Topliss-reactive ketones (excluding diaryl/α,β-unsaturated/α-hetero) is 1. The summed E-state index contributed by atoms with van der Waals surface area (Å²) < 4.78 is 0. The first-order chi connectivity index (χ1) is 9.08. The molecule has 0 unspecified atom stereocenters. The molecule has 5 heteroatoms. The van der Waals surface area contributed by atoms with Gasteiger partial charge in [0.1, 0.15) is 0 Å². The molecule has 3 nitrogen and oxygen atoms in total. The second kappa shape index (κ2) is 6.71. The maximum Gasteiger partial charge on any atom is 0.165 e. The zero-order chi connectivity index (χ0) is 13.8. The van der Waals surface area contributed by atoms with Crippen LogP contribution in [0.1, 0.15) is 16.8 Å². The van der Waals surface area contributed by atoms with Crippen molar-refractivity contribution in [1.29, 1.82) is 0 Å². The van der Waals surface area contributed by atoms with Crippen molar-refractivity contribution in [3.05, 3.63) is 33.8 Å². The van der Waals surface area contributed by atoms with Crippen molar-refractivity contribution in [3.8, 4) is 0 Å². The fourth-order valence-electron chi connectivity index (χ4n) is 2.18. The number of halogens is 2. The number of nitrogens with zero attached hydrogens (tertiary/aromatic N) is 2. The summed E-state index contributed by atoms with van der Waals surface area (Å²) in [6.07, 6.45) is 0.490. The van der Waals surface area contributed by atoms with Gasteiger partial charge in [0.25, 0.3) is 0 Å². The van der Waals surface area contributed by atoms with Gasteiger partial charge in [0.15, 0.2) is 5.78 Å². The van der Waals surface area contributed by atoms with Crippen LogP contribution < -0.4 is 0 Å². The lowest BCUT2D eigenvalue weighted by Gasteiger charge is -2.32. The summed E-state index contributed by atoms with van der Waals surface area (Å²) in [6.45, 7) is 4.95. The van der Waals surface area contributed by atoms with E-state index in [-0.39, 0.29) is 5.78 Å². The van der Waals surface area contributed by atoms with Crippen LogP contribution in [0.3, 0.4) is 0 Å². The molecule has 1 fully saturated rings. The minimum absolute atomic E-state index is 0.0615. The molecular formula is C14H18Cl2N2O. The van der Waals surface area contributed by atoms with E-state index in [1.807, 2.05) is 0 Å². The largest absolute Gasteiger partial charge is 0.304 e. The molecule has 0 bridgehead atoms. The number of benzene rings is 1. The highest BCUT2D eigenvalue weighted by Gasteiger charge is 2.17. The Hall–Kier alpha value is -0.610. The van der Waals surface area contributed by atoms with E-state index in [9.17, 15) is 4.79 Å². The van der Waals surface area contributed by atoms with Crippen molar-refractivity contribution in [2.45, 2.75) is 6.42 Å². The number of carbonyl (C=O) groups is 1. The molecule has 0 aliphatic carbocycles. The second-order valence-electron chi connectivity index (χ2n) is 4.92. The molecule has 1 aromatic carbocycles. The van der Waals surface area contributed by atoms with E-state index in [4.69, 9.17) is 23.2 Å². The number of hydrogen-bond donors (Lipinski definition) is 0. The molecule has 19 heavy (non-hydrogen) atoms. The standard InChI is InChI=1S/C14H18Cl2N2O/c1-17-7-9-18(10-8-17)6-5-13(19)11-3-2-4-12(15)14(11)16/h2-4H,5-10H2,1H3. The van der Waals surface area contributed by atoms with Crippen LogP contribution in [0.4, 0.5) is 0 Å². The first-order valence-electron chi connectivity index (χ1n) is 6.46. The van der Waals surface area contributed by atoms with Crippen LogP contribution >= 0.6 is 23.2 Å². The second-order valence-corrected chi connectivity index (χ2v) is 5.70. The third-order valence-corrected chi connectivity index (χ3v) is 4.32. The number of likely N-dealkylation sites (N-methyl/N-ethyl adjacent to an activating group) is 1. The molecule has 1 saturated heterocycles. The zero-order valence-corrected chi connectivity index (χ0v) is 12.5. The van der Waals surface area contributed by atoms with Gasteiger partial charge in [-0.2, -0.15) is 0 Å². The average Bonchev–Trinajstić information content (AvgIpc) is 2.41. The molecule has 0 atom stereocenters. The van der Waals surface area contributed by atoms with Crippen LogP contribution in [0.25, 0.3) is 0 Å². The first kappa shape index (κ1) is 14.8. The summed E-state index contributed by atoms with van der Waals surface area (Å²) in [5.41, 5.74) is 0.531. The molecule has 1 heterocycles. The van der Waals surface area contributed by atoms with E-state index in [2.05, 4.69) is 16.8 Å². The number of carbonyl (C=O) groups excluding carboxylic acids is 1. The summed E-state index contributed by atoms with van der Waals surface area (Å²) >= 11 is 12.0. The molecule has 0 saturated carbocycles. The fraction of sp³-hybridized carbons (Fsp3) is 0.500. The predicted molar refractivity (Wildman–Crippen MR) is 79.3 cm³/mol. The smallest absolute Gasteiger partial charge is 0.165 e. The quantitative estimate of drug-likeness (QED) is 0.799. The third kappa shape index (κ3) is 3.93. The SMILES string of the molecule is CN1CCN(CCC(=O)c2cccc(Cl)c2Cl)CC1. The van der Waals surface area contributed by atoms with Gasteiger partial charge in [-0.1, -0.05) is 29.3 Å². The highest BCUT2D eigenvalue weighted by atomic mass is 35.5. The predicted octanol–water partition coefficient (Wildman–Crippen LogP) is 2.81. The molecule has 0 radical (unpaired) electrons. The highest BCUT2D eigenvalue weighted by Crippen LogP contribution is 2.26. The Balaban J connectivity index is 1.89. The minimum atomic E-state index is 0.0615. The molecule has 1 aliphatic heterocycles. The minimum Gasteiger partial charge on any atom is -0.304 e. The molecule has 0 spiro atoms. The first-order valence-corrected chi connectivity index (χ1v) is 7.21. The van der Waals surface area contributed by atoms with Gasteiger partial charge >= 0.3 is 0 Å². The van der Waals surface area contributed by atoms with Gasteiger partial charge in [0.2, 0.25) is 0 Å². The molecule has 2 rings (SSSR count). The molecule has 1 aromatic rings. The molecule has 0 aromatic heterocycles. The van der Waals surface area contributed by atoms with E-state index >= 15 is 0 Å². The van der Waals surface area contributed by atoms with E-state index in [1.165, 1.54) is 0 Å². The Labute approximate surface area is 124 Å². The van der Waals surface area contributed by atoms with Gasteiger partial charge in [0, 0.05) is 44.7 Å². The van der Waals surface area contributed by atoms with Crippen LogP contribution in [-0.2, 0) is 0 Å². The van der Waals surface area contributed by atoms with E-state index in [0.29, 0.717) is 22.0 Å². The van der Waals surface area contributed by atoms with Gasteiger partial charge in [-0.05, 0) is 19.2 Å². The van der Waals surface area contributed by atoms with Crippen LogP contribution in [0, 0.1) is 0 Å². The van der Waals surface area contributed by atoms with Crippen LogP contribution in [0.15, 0.2) is 18.2 Å². The van der Waals surface area contributed by atoms with E-state index in [0.717, 1.165) is 32.7 Å². The van der Waals surface area contributed by atoms with Crippen molar-refractivity contribution in [1.82, 2.24) is 9.80 Å². The van der Waals surface area contributed by atoms with Gasteiger partial charge in [-0.25, -0.2) is 0 Å². The molecule has 1 aliphatic rings. The normalized spacial score (nSPS) is 17.6. The fourth-order valence-corrected chi connectivity index (χ4v) is 2.59. The summed E-state index contributed by atoms with van der Waals surface area (Å²) in [6, 6.07) is 5.19. The van der Waals surface area contributed by atoms with Crippen LogP contribution in [0.5, 0.6) is 0 Å². The molecule has 0 N–H and O–H groups in total. The molecule has 104 valence electrons. The van der Waals surface area contributed by atoms with Gasteiger partial charge in [-0.3, -0.25) is 4.79 Å². The number of ketones is 1. The lowest BCUT2D eigenvalue weighted by molar-refractivity contribution is 0.0942. The molecule has 0 amide bonds. The van der Waals surface area contributed by atoms with Crippen molar-refractivity contribution in [3.63, 3.8) is 0 Å². The number of hydrogen-bond acceptors (Lipinski definition) is 3. The molecular weight excluding hydrogens is 283 g/mol. The van der Waals surface area contributed by atoms with Crippen molar-refractivity contribution < 1.29 is 4.79 Å². The van der Waals surface area contributed by atoms with Crippen molar-refractivity contribution in [2.75, 3.05) is 39.8 Å². The van der Waals surface area contributed by atoms with Gasteiger partial charge < -0.3 is 9.80 Å². The Morgan fingerprint density at radius 3 is 2.58 bits per heavy atom. The van der Waals surface area contributed by atoms with Gasteiger partial charge in [-0.15, -0.1) is 0 Å². The number of piperazine rings is 1. The monoisotopic (exact) mass is 300 g/mol. The maximum absolute atomic E-state index is 12.1. The Kier molecular flexibility index (Phi) is 5.22. The van der Waals surface area contributed by atoms with Crippen LogP contribution in [0.2, 0.25) is 10.0 Å². The van der Waals surface area contributed by atoms with Crippen molar-refractivity contribution in [2.24, 2.45) is 0 Å². The van der Waals surface area contributed by atoms with Crippen molar-refractivity contribution >= 4 is 29.0 Å². The summed E-state index contributed by atoms with van der Waals surface area (Å²) in [5, 5.41) is 0.805. The lowest BCUT2D eigenvalue weighted by atomic mass is 10.1. The van der Waals surface area contributed by atoms with E-state index in [1.54, 1.807) is 18.2 Å². The Bertz CT molecular complexity index is 457. The zero-order valence-electron chi connectivity index (χ0n) is 11.0. The summed E-state index contributed by atoms with van der Waals surface area (Å²) in [7, 11) is 2.12. The van der Waals surface area contributed by atoms with Gasteiger partial charge in [0.05, 0.1) is 10.0 Å². The lowest BCUT2D eigenvalue weighted by Crippen LogP contribution is -2.45. The van der Waals surface area contributed by atoms with Crippen LogP contribution in [-0.4, -0.2) is 55.4 Å². The topological polar surface area (TPSA) is 23.6 Å². The third-order valence-electron chi connectivity index (χ3n) is 3.50. The maximum atomic E-state index is 12.1. The van der Waals surface area contributed by atoms with E-state index < -0.39 is 0 Å². The number of rotatable bonds is 4.